The molecular weight excluding hydrogens is 346 g/mol. The molecule has 2 rings (SSSR count). The highest BCUT2D eigenvalue weighted by Crippen LogP contribution is 2.31. The van der Waals surface area contributed by atoms with Gasteiger partial charge in [0.05, 0.1) is 7.11 Å². The van der Waals surface area contributed by atoms with E-state index in [1.807, 2.05) is 19.1 Å². The first kappa shape index (κ1) is 20.3. The monoisotopic (exact) mass is 371 g/mol. The maximum absolute atomic E-state index is 12.9. The summed E-state index contributed by atoms with van der Waals surface area (Å²) < 4.78 is 10.6. The second-order valence-corrected chi connectivity index (χ2v) is 7.20. The van der Waals surface area contributed by atoms with Gasteiger partial charge in [-0.2, -0.15) is 0 Å². The highest BCUT2D eigenvalue weighted by molar-refractivity contribution is 5.96. The second-order valence-electron chi connectivity index (χ2n) is 7.20. The van der Waals surface area contributed by atoms with Gasteiger partial charge in [-0.3, -0.25) is 4.90 Å². The predicted molar refractivity (Wildman–Crippen MR) is 103 cm³/mol. The molecule has 0 spiro atoms. The molecule has 0 aliphatic rings. The van der Waals surface area contributed by atoms with Crippen LogP contribution in [0.25, 0.3) is 0 Å². The summed E-state index contributed by atoms with van der Waals surface area (Å²) >= 11 is 0. The molecule has 0 fully saturated rings. The summed E-state index contributed by atoms with van der Waals surface area (Å²) in [5, 5.41) is 9.90. The Kier molecular flexibility index (Phi) is 6.10. The molecule has 144 valence electrons. The number of ether oxygens (including phenoxy) is 2. The first-order valence-electron chi connectivity index (χ1n) is 8.58. The quantitative estimate of drug-likeness (QED) is 0.833. The lowest BCUT2D eigenvalue weighted by Crippen LogP contribution is -2.42. The third-order valence-electron chi connectivity index (χ3n) is 3.83. The van der Waals surface area contributed by atoms with Gasteiger partial charge in [-0.1, -0.05) is 29.8 Å². The molecular formula is C21H25NO5. The normalized spacial score (nSPS) is 12.2. The molecule has 0 saturated carbocycles. The van der Waals surface area contributed by atoms with Crippen molar-refractivity contribution in [3.05, 3.63) is 59.7 Å². The Hall–Kier alpha value is -3.02. The minimum Gasteiger partial charge on any atom is -0.497 e. The van der Waals surface area contributed by atoms with Gasteiger partial charge in [0.25, 0.3) is 0 Å². The van der Waals surface area contributed by atoms with Crippen LogP contribution in [0.3, 0.4) is 0 Å². The van der Waals surface area contributed by atoms with E-state index in [0.717, 1.165) is 10.5 Å². The number of benzene rings is 2. The first-order valence-corrected chi connectivity index (χ1v) is 8.58. The summed E-state index contributed by atoms with van der Waals surface area (Å²) in [7, 11) is 1.53. The van der Waals surface area contributed by atoms with Crippen molar-refractivity contribution in [1.29, 1.82) is 0 Å². The molecule has 0 aromatic heterocycles. The van der Waals surface area contributed by atoms with Gasteiger partial charge in [0.1, 0.15) is 11.4 Å². The summed E-state index contributed by atoms with van der Waals surface area (Å²) in [6.45, 7) is 7.12. The fourth-order valence-electron chi connectivity index (χ4n) is 2.56. The Morgan fingerprint density at radius 1 is 1.00 bits per heavy atom. The zero-order chi connectivity index (χ0) is 20.2. The van der Waals surface area contributed by atoms with E-state index >= 15 is 0 Å². The van der Waals surface area contributed by atoms with Gasteiger partial charge >= 0.3 is 12.1 Å². The van der Waals surface area contributed by atoms with E-state index in [-0.39, 0.29) is 0 Å². The number of nitrogens with zero attached hydrogens (tertiary/aromatic N) is 1. The predicted octanol–water partition coefficient (Wildman–Crippen LogP) is 4.57. The third kappa shape index (κ3) is 5.23. The molecule has 0 aliphatic heterocycles. The molecule has 0 saturated heterocycles. The number of hydrogen-bond acceptors (Lipinski definition) is 4. The maximum Gasteiger partial charge on any atom is 0.415 e. The van der Waals surface area contributed by atoms with E-state index in [0.29, 0.717) is 17.0 Å². The van der Waals surface area contributed by atoms with Crippen molar-refractivity contribution in [3.8, 4) is 5.75 Å². The van der Waals surface area contributed by atoms with Crippen LogP contribution < -0.4 is 9.64 Å². The van der Waals surface area contributed by atoms with Gasteiger partial charge in [-0.25, -0.2) is 9.59 Å². The summed E-state index contributed by atoms with van der Waals surface area (Å²) in [4.78, 5) is 26.2. The Morgan fingerprint density at radius 3 is 2.00 bits per heavy atom. The van der Waals surface area contributed by atoms with Crippen LogP contribution in [0.5, 0.6) is 5.75 Å². The van der Waals surface area contributed by atoms with Crippen LogP contribution in [0, 0.1) is 6.92 Å². The topological polar surface area (TPSA) is 76.1 Å². The molecule has 2 aromatic carbocycles. The molecule has 0 bridgehead atoms. The van der Waals surface area contributed by atoms with Crippen molar-refractivity contribution in [2.24, 2.45) is 0 Å². The van der Waals surface area contributed by atoms with Gasteiger partial charge in [-0.15, -0.1) is 0 Å². The highest BCUT2D eigenvalue weighted by Gasteiger charge is 2.35. The average molecular weight is 371 g/mol. The minimum absolute atomic E-state index is 0.401. The van der Waals surface area contributed by atoms with E-state index in [9.17, 15) is 14.7 Å². The highest BCUT2D eigenvalue weighted by atomic mass is 16.6. The molecule has 0 heterocycles. The lowest BCUT2D eigenvalue weighted by molar-refractivity contribution is -0.138. The van der Waals surface area contributed by atoms with Crippen LogP contribution in [-0.2, 0) is 9.53 Å². The van der Waals surface area contributed by atoms with E-state index in [4.69, 9.17) is 9.47 Å². The van der Waals surface area contributed by atoms with Crippen LogP contribution in [-0.4, -0.2) is 29.9 Å². The van der Waals surface area contributed by atoms with Crippen LogP contribution in [0.2, 0.25) is 0 Å². The van der Waals surface area contributed by atoms with Crippen molar-refractivity contribution in [2.75, 3.05) is 12.0 Å². The number of rotatable bonds is 5. The number of carboxylic acid groups (broad SMARTS) is 1. The van der Waals surface area contributed by atoms with Gasteiger partial charge < -0.3 is 14.6 Å². The lowest BCUT2D eigenvalue weighted by Gasteiger charge is -2.31. The summed E-state index contributed by atoms with van der Waals surface area (Å²) in [5.41, 5.74) is 1.11. The number of aliphatic carboxylic acids is 1. The van der Waals surface area contributed by atoms with Gasteiger partial charge in [-0.05, 0) is 57.5 Å². The van der Waals surface area contributed by atoms with Gasteiger partial charge in [0.15, 0.2) is 6.04 Å². The molecule has 6 heteroatoms. The number of hydrogen-bond donors (Lipinski definition) is 1. The second kappa shape index (κ2) is 8.12. The minimum atomic E-state index is -1.23. The number of carbonyl (C=O) groups excluding carboxylic acids is 1. The lowest BCUT2D eigenvalue weighted by atomic mass is 10.0. The van der Waals surface area contributed by atoms with E-state index in [1.54, 1.807) is 57.2 Å². The smallest absolute Gasteiger partial charge is 0.415 e. The molecule has 1 amide bonds. The van der Waals surface area contributed by atoms with Crippen molar-refractivity contribution < 1.29 is 24.2 Å². The average Bonchev–Trinajstić information content (AvgIpc) is 2.59. The van der Waals surface area contributed by atoms with E-state index in [1.165, 1.54) is 7.11 Å². The summed E-state index contributed by atoms with van der Waals surface area (Å²) in [6, 6.07) is 12.4. The molecule has 2 aromatic rings. The fraction of sp³-hybridized carbons (Fsp3) is 0.333. The zero-order valence-electron chi connectivity index (χ0n) is 16.2. The van der Waals surface area contributed by atoms with Crippen molar-refractivity contribution in [1.82, 2.24) is 0 Å². The zero-order valence-corrected chi connectivity index (χ0v) is 16.2. The van der Waals surface area contributed by atoms with Crippen molar-refractivity contribution >= 4 is 17.7 Å². The molecule has 6 nitrogen and oxygen atoms in total. The molecule has 1 atom stereocenters. The number of aryl methyl sites for hydroxylation is 1. The maximum atomic E-state index is 12.9. The van der Waals surface area contributed by atoms with Crippen LogP contribution in [0.1, 0.15) is 37.9 Å². The third-order valence-corrected chi connectivity index (χ3v) is 3.83. The molecule has 0 aliphatic carbocycles. The standard InChI is InChI=1S/C21H25NO5/c1-14-6-8-15(9-7-14)18(19(23)24)22(20(25)27-21(2,3)4)16-10-12-17(26-5)13-11-16/h6-13,18H,1-5H3,(H,23,24)/t18-/m1/s1. The van der Waals surface area contributed by atoms with E-state index in [2.05, 4.69) is 0 Å². The van der Waals surface area contributed by atoms with Crippen molar-refractivity contribution in [3.63, 3.8) is 0 Å². The molecule has 1 N–H and O–H groups in total. The first-order chi connectivity index (χ1) is 12.6. The number of methoxy groups -OCH3 is 1. The molecule has 0 unspecified atom stereocenters. The number of amides is 1. The molecule has 0 radical (unpaired) electrons. The Balaban J connectivity index is 2.54. The van der Waals surface area contributed by atoms with Gasteiger partial charge in [0.2, 0.25) is 0 Å². The van der Waals surface area contributed by atoms with Crippen LogP contribution >= 0.6 is 0 Å². The Morgan fingerprint density at radius 2 is 1.56 bits per heavy atom. The van der Waals surface area contributed by atoms with Gasteiger partial charge in [0, 0.05) is 5.69 Å². The molecule has 27 heavy (non-hydrogen) atoms. The fourth-order valence-corrected chi connectivity index (χ4v) is 2.56. The SMILES string of the molecule is COc1ccc(N(C(=O)OC(C)(C)C)[C@@H](C(=O)O)c2ccc(C)cc2)cc1. The van der Waals surface area contributed by atoms with Crippen LogP contribution in [0.4, 0.5) is 10.5 Å². The van der Waals surface area contributed by atoms with E-state index < -0.39 is 23.7 Å². The Labute approximate surface area is 159 Å². The Bertz CT molecular complexity index is 791. The number of carbonyl (C=O) groups is 2. The largest absolute Gasteiger partial charge is 0.497 e. The van der Waals surface area contributed by atoms with Crippen molar-refractivity contribution in [2.45, 2.75) is 39.3 Å². The summed E-state index contributed by atoms with van der Waals surface area (Å²) in [5.74, 6) is -0.550. The summed E-state index contributed by atoms with van der Waals surface area (Å²) in [6.07, 6.45) is -0.736. The van der Waals surface area contributed by atoms with Crippen LogP contribution in [0.15, 0.2) is 48.5 Å². The number of anilines is 1. The number of carboxylic acids is 1.